The molecule has 3 nitrogen and oxygen atoms in total. The van der Waals surface area contributed by atoms with Crippen LogP contribution in [0.5, 0.6) is 0 Å². The molecule has 2 fully saturated rings. The minimum Gasteiger partial charge on any atom is -0.356 e. The van der Waals surface area contributed by atoms with Gasteiger partial charge < -0.3 is 10.6 Å². The maximum absolute atomic E-state index is 4.18. The SMILES string of the molecule is C=CCNC(=NC)NCC1(C2CC2)CC1.I. The molecule has 2 aliphatic carbocycles. The third kappa shape index (κ3) is 3.37. The zero-order chi connectivity index (χ0) is 10.7. The standard InChI is InChI=1S/C12H21N3.HI/c1-3-8-14-11(13-2)15-9-12(6-7-12)10-4-5-10;/h3,10H,1,4-9H2,2H3,(H2,13,14,15);1H. The van der Waals surface area contributed by atoms with E-state index in [0.717, 1.165) is 25.0 Å². The lowest BCUT2D eigenvalue weighted by Gasteiger charge is -2.17. The molecule has 0 aromatic heterocycles. The second-order valence-electron chi connectivity index (χ2n) is 4.73. The van der Waals surface area contributed by atoms with Crippen LogP contribution in [0.4, 0.5) is 0 Å². The highest BCUT2D eigenvalue weighted by Gasteiger charge is 2.53. The largest absolute Gasteiger partial charge is 0.356 e. The van der Waals surface area contributed by atoms with E-state index in [1.165, 1.54) is 25.7 Å². The molecule has 4 heteroatoms. The molecular formula is C12H22IN3. The molecule has 2 N–H and O–H groups in total. The van der Waals surface area contributed by atoms with Crippen LogP contribution in [0, 0.1) is 11.3 Å². The molecule has 2 saturated carbocycles. The topological polar surface area (TPSA) is 36.4 Å². The van der Waals surface area contributed by atoms with Crippen molar-refractivity contribution >= 4 is 29.9 Å². The Labute approximate surface area is 115 Å². The van der Waals surface area contributed by atoms with Crippen LogP contribution in [-0.4, -0.2) is 26.1 Å². The molecule has 0 unspecified atom stereocenters. The summed E-state index contributed by atoms with van der Waals surface area (Å²) in [6, 6.07) is 0. The van der Waals surface area contributed by atoms with Crippen molar-refractivity contribution in [2.45, 2.75) is 25.7 Å². The lowest BCUT2D eigenvalue weighted by Crippen LogP contribution is -2.40. The van der Waals surface area contributed by atoms with E-state index in [2.05, 4.69) is 22.2 Å². The number of hydrogen-bond acceptors (Lipinski definition) is 1. The van der Waals surface area contributed by atoms with Crippen molar-refractivity contribution < 1.29 is 0 Å². The van der Waals surface area contributed by atoms with E-state index in [-0.39, 0.29) is 24.0 Å². The summed E-state index contributed by atoms with van der Waals surface area (Å²) in [5.74, 6) is 1.91. The van der Waals surface area contributed by atoms with Crippen LogP contribution in [0.15, 0.2) is 17.6 Å². The van der Waals surface area contributed by atoms with Crippen LogP contribution in [0.3, 0.4) is 0 Å². The highest BCUT2D eigenvalue weighted by Crippen LogP contribution is 2.60. The van der Waals surface area contributed by atoms with Gasteiger partial charge >= 0.3 is 0 Å². The van der Waals surface area contributed by atoms with Gasteiger partial charge in [0, 0.05) is 20.1 Å². The van der Waals surface area contributed by atoms with E-state index in [0.29, 0.717) is 5.41 Å². The molecule has 0 aromatic carbocycles. The van der Waals surface area contributed by atoms with Gasteiger partial charge in [0.15, 0.2) is 5.96 Å². The Morgan fingerprint density at radius 1 is 1.44 bits per heavy atom. The monoisotopic (exact) mass is 335 g/mol. The van der Waals surface area contributed by atoms with Crippen molar-refractivity contribution in [2.24, 2.45) is 16.3 Å². The maximum atomic E-state index is 4.18. The molecule has 0 spiro atoms. The molecule has 0 heterocycles. The summed E-state index contributed by atoms with van der Waals surface area (Å²) in [6.45, 7) is 5.55. The van der Waals surface area contributed by atoms with Crippen molar-refractivity contribution in [3.8, 4) is 0 Å². The number of guanidine groups is 1. The molecule has 0 aliphatic heterocycles. The second-order valence-corrected chi connectivity index (χ2v) is 4.73. The van der Waals surface area contributed by atoms with E-state index in [9.17, 15) is 0 Å². The predicted octanol–water partition coefficient (Wildman–Crippen LogP) is 2.15. The lowest BCUT2D eigenvalue weighted by molar-refractivity contribution is 0.431. The van der Waals surface area contributed by atoms with Crippen LogP contribution in [0.1, 0.15) is 25.7 Å². The number of aliphatic imine (C=N–C) groups is 1. The summed E-state index contributed by atoms with van der Waals surface area (Å²) in [7, 11) is 1.81. The average molecular weight is 335 g/mol. The molecular weight excluding hydrogens is 313 g/mol. The van der Waals surface area contributed by atoms with Gasteiger partial charge in [0.1, 0.15) is 0 Å². The van der Waals surface area contributed by atoms with E-state index >= 15 is 0 Å². The van der Waals surface area contributed by atoms with E-state index in [4.69, 9.17) is 0 Å². The van der Waals surface area contributed by atoms with Gasteiger partial charge in [0.2, 0.25) is 0 Å². The Kier molecular flexibility index (Phi) is 5.08. The molecule has 0 radical (unpaired) electrons. The number of halogens is 1. The fraction of sp³-hybridized carbons (Fsp3) is 0.750. The summed E-state index contributed by atoms with van der Waals surface area (Å²) in [5.41, 5.74) is 0.631. The average Bonchev–Trinajstić information content (AvgIpc) is 3.10. The summed E-state index contributed by atoms with van der Waals surface area (Å²) < 4.78 is 0. The summed E-state index contributed by atoms with van der Waals surface area (Å²) in [5, 5.41) is 6.62. The first-order valence-corrected chi connectivity index (χ1v) is 5.86. The molecule has 16 heavy (non-hydrogen) atoms. The zero-order valence-electron chi connectivity index (χ0n) is 9.96. The minimum atomic E-state index is 0. The van der Waals surface area contributed by atoms with Gasteiger partial charge in [-0.25, -0.2) is 0 Å². The summed E-state index contributed by atoms with van der Waals surface area (Å²) in [6.07, 6.45) is 7.55. The highest BCUT2D eigenvalue weighted by atomic mass is 127. The van der Waals surface area contributed by atoms with Gasteiger partial charge in [-0.1, -0.05) is 6.08 Å². The fourth-order valence-electron chi connectivity index (χ4n) is 2.23. The number of rotatable bonds is 5. The Balaban J connectivity index is 0.00000128. The number of hydrogen-bond donors (Lipinski definition) is 2. The van der Waals surface area contributed by atoms with Crippen LogP contribution < -0.4 is 10.6 Å². The van der Waals surface area contributed by atoms with Crippen molar-refractivity contribution in [1.82, 2.24) is 10.6 Å². The summed E-state index contributed by atoms with van der Waals surface area (Å²) >= 11 is 0. The minimum absolute atomic E-state index is 0. The highest BCUT2D eigenvalue weighted by molar-refractivity contribution is 14.0. The van der Waals surface area contributed by atoms with Gasteiger partial charge in [-0.3, -0.25) is 4.99 Å². The summed E-state index contributed by atoms with van der Waals surface area (Å²) in [4.78, 5) is 4.18. The van der Waals surface area contributed by atoms with Crippen molar-refractivity contribution in [1.29, 1.82) is 0 Å². The van der Waals surface area contributed by atoms with Crippen LogP contribution in [0.2, 0.25) is 0 Å². The number of nitrogens with zero attached hydrogens (tertiary/aromatic N) is 1. The van der Waals surface area contributed by atoms with Crippen LogP contribution in [-0.2, 0) is 0 Å². The van der Waals surface area contributed by atoms with E-state index in [1.807, 2.05) is 13.1 Å². The molecule has 92 valence electrons. The number of nitrogens with one attached hydrogen (secondary N) is 2. The molecule has 2 aliphatic rings. The Hall–Kier alpha value is -0.260. The lowest BCUT2D eigenvalue weighted by atomic mass is 10.0. The molecule has 0 saturated heterocycles. The zero-order valence-corrected chi connectivity index (χ0v) is 12.3. The smallest absolute Gasteiger partial charge is 0.191 e. The normalized spacial score (nSPS) is 21.9. The molecule has 0 amide bonds. The first-order chi connectivity index (χ1) is 7.30. The Morgan fingerprint density at radius 2 is 2.12 bits per heavy atom. The van der Waals surface area contributed by atoms with Crippen LogP contribution >= 0.6 is 24.0 Å². The quantitative estimate of drug-likeness (QED) is 0.350. The van der Waals surface area contributed by atoms with Gasteiger partial charge in [-0.05, 0) is 37.0 Å². The third-order valence-corrected chi connectivity index (χ3v) is 3.58. The molecule has 2 rings (SSSR count). The maximum Gasteiger partial charge on any atom is 0.191 e. The molecule has 0 bridgehead atoms. The van der Waals surface area contributed by atoms with Crippen LogP contribution in [0.25, 0.3) is 0 Å². The Morgan fingerprint density at radius 3 is 2.56 bits per heavy atom. The van der Waals surface area contributed by atoms with Gasteiger partial charge in [0.25, 0.3) is 0 Å². The van der Waals surface area contributed by atoms with Gasteiger partial charge in [-0.15, -0.1) is 30.6 Å². The Bertz CT molecular complexity index is 267. The van der Waals surface area contributed by atoms with Crippen molar-refractivity contribution in [3.63, 3.8) is 0 Å². The third-order valence-electron chi connectivity index (χ3n) is 3.58. The van der Waals surface area contributed by atoms with Gasteiger partial charge in [-0.2, -0.15) is 0 Å². The fourth-order valence-corrected chi connectivity index (χ4v) is 2.23. The first kappa shape index (κ1) is 13.8. The van der Waals surface area contributed by atoms with Gasteiger partial charge in [0.05, 0.1) is 0 Å². The molecule has 0 aromatic rings. The molecule has 0 atom stereocenters. The van der Waals surface area contributed by atoms with E-state index in [1.54, 1.807) is 0 Å². The van der Waals surface area contributed by atoms with E-state index < -0.39 is 0 Å². The predicted molar refractivity (Wildman–Crippen MR) is 79.4 cm³/mol. The first-order valence-electron chi connectivity index (χ1n) is 5.86. The van der Waals surface area contributed by atoms with Crippen molar-refractivity contribution in [3.05, 3.63) is 12.7 Å². The van der Waals surface area contributed by atoms with Crippen molar-refractivity contribution in [2.75, 3.05) is 20.1 Å². The second kappa shape index (κ2) is 5.89.